The van der Waals surface area contributed by atoms with Crippen molar-refractivity contribution in [2.24, 2.45) is 7.05 Å². The highest BCUT2D eigenvalue weighted by Gasteiger charge is 2.06. The molecule has 0 fully saturated rings. The van der Waals surface area contributed by atoms with Crippen LogP contribution in [0.4, 0.5) is 10.1 Å². The minimum atomic E-state index is -0.477. The smallest absolute Gasteiger partial charge is 0.222 e. The summed E-state index contributed by atoms with van der Waals surface area (Å²) in [4.78, 5) is 8.25. The van der Waals surface area contributed by atoms with Gasteiger partial charge in [-0.3, -0.25) is 0 Å². The molecule has 0 spiro atoms. The molecule has 1 aromatic carbocycles. The fourth-order valence-electron chi connectivity index (χ4n) is 1.91. The number of rotatable bonds is 3. The first-order valence-corrected chi connectivity index (χ1v) is 6.29. The standard InChI is InChI=1S/C15H13FN4O/c1-20-5-4-10(8-20)14-7-15(19-9-18-14)21-11-2-3-12(16)13(17)6-11/h2-9H,17H2,1H3. The van der Waals surface area contributed by atoms with Crippen molar-refractivity contribution in [3.05, 3.63) is 54.9 Å². The number of aryl methyl sites for hydroxylation is 1. The van der Waals surface area contributed by atoms with Crippen LogP contribution in [0.1, 0.15) is 0 Å². The van der Waals surface area contributed by atoms with Crippen LogP contribution in [0.5, 0.6) is 11.6 Å². The highest BCUT2D eigenvalue weighted by Crippen LogP contribution is 2.26. The predicted molar refractivity (Wildman–Crippen MR) is 77.3 cm³/mol. The van der Waals surface area contributed by atoms with E-state index in [4.69, 9.17) is 10.5 Å². The molecule has 0 bridgehead atoms. The summed E-state index contributed by atoms with van der Waals surface area (Å²) in [5.41, 5.74) is 7.25. The van der Waals surface area contributed by atoms with Crippen LogP contribution in [0, 0.1) is 5.82 Å². The summed E-state index contributed by atoms with van der Waals surface area (Å²) in [6.07, 6.45) is 5.30. The van der Waals surface area contributed by atoms with Crippen LogP contribution in [-0.4, -0.2) is 14.5 Å². The molecule has 0 aliphatic heterocycles. The van der Waals surface area contributed by atoms with Crippen LogP contribution in [0.25, 0.3) is 11.3 Å². The first-order valence-electron chi connectivity index (χ1n) is 6.29. The van der Waals surface area contributed by atoms with Crippen molar-refractivity contribution in [2.75, 3.05) is 5.73 Å². The van der Waals surface area contributed by atoms with Crippen LogP contribution < -0.4 is 10.5 Å². The van der Waals surface area contributed by atoms with Crippen LogP contribution in [-0.2, 0) is 7.05 Å². The number of aromatic nitrogens is 3. The van der Waals surface area contributed by atoms with Gasteiger partial charge in [-0.1, -0.05) is 0 Å². The lowest BCUT2D eigenvalue weighted by Gasteiger charge is -2.06. The molecule has 0 unspecified atom stereocenters. The van der Waals surface area contributed by atoms with Gasteiger partial charge < -0.3 is 15.0 Å². The summed E-state index contributed by atoms with van der Waals surface area (Å²) in [6, 6.07) is 7.83. The highest BCUT2D eigenvalue weighted by atomic mass is 19.1. The van der Waals surface area contributed by atoms with Crippen LogP contribution in [0.3, 0.4) is 0 Å². The maximum Gasteiger partial charge on any atom is 0.222 e. The first-order chi connectivity index (χ1) is 10.1. The summed E-state index contributed by atoms with van der Waals surface area (Å²) in [6.45, 7) is 0. The van der Waals surface area contributed by atoms with Gasteiger partial charge in [-0.05, 0) is 18.2 Å². The Morgan fingerprint density at radius 3 is 2.76 bits per heavy atom. The van der Waals surface area contributed by atoms with Gasteiger partial charge in [0, 0.05) is 37.1 Å². The Labute approximate surface area is 120 Å². The quantitative estimate of drug-likeness (QED) is 0.751. The van der Waals surface area contributed by atoms with E-state index in [-0.39, 0.29) is 5.69 Å². The van der Waals surface area contributed by atoms with Gasteiger partial charge in [-0.15, -0.1) is 0 Å². The van der Waals surface area contributed by atoms with Crippen LogP contribution in [0.2, 0.25) is 0 Å². The number of ether oxygens (including phenoxy) is 1. The number of halogens is 1. The van der Waals surface area contributed by atoms with E-state index in [1.807, 2.05) is 30.1 Å². The third-order valence-corrected chi connectivity index (χ3v) is 2.96. The summed E-state index contributed by atoms with van der Waals surface area (Å²) >= 11 is 0. The van der Waals surface area contributed by atoms with Crippen LogP contribution >= 0.6 is 0 Å². The number of hydrogen-bond donors (Lipinski definition) is 1. The van der Waals surface area contributed by atoms with Gasteiger partial charge in [0.2, 0.25) is 5.88 Å². The predicted octanol–water partition coefficient (Wildman–Crippen LogP) is 3.00. The van der Waals surface area contributed by atoms with Crippen molar-refractivity contribution in [2.45, 2.75) is 0 Å². The Kier molecular flexibility index (Phi) is 3.27. The third-order valence-electron chi connectivity index (χ3n) is 2.96. The van der Waals surface area contributed by atoms with Crippen molar-refractivity contribution in [1.29, 1.82) is 0 Å². The van der Waals surface area contributed by atoms with Gasteiger partial charge in [-0.2, -0.15) is 0 Å². The molecule has 0 saturated heterocycles. The Bertz CT molecular complexity index is 785. The zero-order valence-corrected chi connectivity index (χ0v) is 11.3. The fourth-order valence-corrected chi connectivity index (χ4v) is 1.91. The number of nitrogens with zero attached hydrogens (tertiary/aromatic N) is 3. The largest absolute Gasteiger partial charge is 0.439 e. The van der Waals surface area contributed by atoms with Gasteiger partial charge in [-0.25, -0.2) is 14.4 Å². The summed E-state index contributed by atoms with van der Waals surface area (Å²) in [5.74, 6) is 0.316. The van der Waals surface area contributed by atoms with Crippen molar-refractivity contribution in [3.8, 4) is 22.9 Å². The molecule has 0 amide bonds. The van der Waals surface area contributed by atoms with Gasteiger partial charge in [0.25, 0.3) is 0 Å². The number of benzene rings is 1. The third kappa shape index (κ3) is 2.84. The lowest BCUT2D eigenvalue weighted by molar-refractivity contribution is 0.460. The molecule has 106 valence electrons. The van der Waals surface area contributed by atoms with Gasteiger partial charge in [0.05, 0.1) is 11.4 Å². The molecule has 0 aliphatic rings. The molecule has 5 nitrogen and oxygen atoms in total. The maximum atomic E-state index is 13.1. The molecule has 0 radical (unpaired) electrons. The van der Waals surface area contributed by atoms with E-state index >= 15 is 0 Å². The van der Waals surface area contributed by atoms with Gasteiger partial charge >= 0.3 is 0 Å². The van der Waals surface area contributed by atoms with E-state index in [0.29, 0.717) is 11.6 Å². The Morgan fingerprint density at radius 1 is 1.19 bits per heavy atom. The van der Waals surface area contributed by atoms with E-state index in [1.165, 1.54) is 24.5 Å². The van der Waals surface area contributed by atoms with E-state index in [2.05, 4.69) is 9.97 Å². The number of nitrogen functional groups attached to an aromatic ring is 1. The van der Waals surface area contributed by atoms with Gasteiger partial charge in [0.15, 0.2) is 0 Å². The molecular weight excluding hydrogens is 271 g/mol. The average Bonchev–Trinajstić information content (AvgIpc) is 2.90. The second-order valence-corrected chi connectivity index (χ2v) is 4.59. The number of hydrogen-bond acceptors (Lipinski definition) is 4. The summed E-state index contributed by atoms with van der Waals surface area (Å²) < 4.78 is 20.6. The monoisotopic (exact) mass is 284 g/mol. The summed E-state index contributed by atoms with van der Waals surface area (Å²) in [5, 5.41) is 0. The van der Waals surface area contributed by atoms with Crippen molar-refractivity contribution in [3.63, 3.8) is 0 Å². The average molecular weight is 284 g/mol. The molecule has 0 saturated carbocycles. The molecule has 2 aromatic heterocycles. The zero-order chi connectivity index (χ0) is 14.8. The minimum absolute atomic E-state index is 0.0323. The molecular formula is C15H13FN4O. The maximum absolute atomic E-state index is 13.1. The topological polar surface area (TPSA) is 66.0 Å². The van der Waals surface area contributed by atoms with Crippen molar-refractivity contribution < 1.29 is 9.13 Å². The lowest BCUT2D eigenvalue weighted by atomic mass is 10.2. The van der Waals surface area contributed by atoms with E-state index in [0.717, 1.165) is 11.3 Å². The Hall–Kier alpha value is -2.89. The lowest BCUT2D eigenvalue weighted by Crippen LogP contribution is -1.94. The number of nitrogens with two attached hydrogens (primary N) is 1. The zero-order valence-electron chi connectivity index (χ0n) is 11.3. The SMILES string of the molecule is Cn1ccc(-c2cc(Oc3ccc(F)c(N)c3)ncn2)c1. The van der Waals surface area contributed by atoms with Crippen molar-refractivity contribution >= 4 is 5.69 Å². The molecule has 6 heteroatoms. The molecule has 2 heterocycles. The second kappa shape index (κ2) is 5.24. The first kappa shape index (κ1) is 13.1. The van der Waals surface area contributed by atoms with Crippen molar-refractivity contribution in [1.82, 2.24) is 14.5 Å². The van der Waals surface area contributed by atoms with E-state index in [9.17, 15) is 4.39 Å². The Morgan fingerprint density at radius 2 is 2.05 bits per heavy atom. The molecule has 3 rings (SSSR count). The fraction of sp³-hybridized carbons (Fsp3) is 0.0667. The Balaban J connectivity index is 1.87. The highest BCUT2D eigenvalue weighted by molar-refractivity contribution is 5.59. The van der Waals surface area contributed by atoms with E-state index < -0.39 is 5.82 Å². The molecule has 21 heavy (non-hydrogen) atoms. The molecule has 0 atom stereocenters. The van der Waals surface area contributed by atoms with Gasteiger partial charge in [0.1, 0.15) is 17.9 Å². The summed E-state index contributed by atoms with van der Waals surface area (Å²) in [7, 11) is 1.93. The van der Waals surface area contributed by atoms with Crippen LogP contribution in [0.15, 0.2) is 49.1 Å². The number of anilines is 1. The van der Waals surface area contributed by atoms with E-state index in [1.54, 1.807) is 6.07 Å². The molecule has 2 N–H and O–H groups in total. The molecule has 3 aromatic rings. The minimum Gasteiger partial charge on any atom is -0.439 e. The second-order valence-electron chi connectivity index (χ2n) is 4.59. The normalized spacial score (nSPS) is 10.6. The molecule has 0 aliphatic carbocycles.